The van der Waals surface area contributed by atoms with E-state index in [1.807, 2.05) is 0 Å². The number of nitrogens with zero attached hydrogens (tertiary/aromatic N) is 5. The number of benzene rings is 1. The second kappa shape index (κ2) is 9.57. The zero-order valence-corrected chi connectivity index (χ0v) is 20.8. The van der Waals surface area contributed by atoms with Gasteiger partial charge in [0.05, 0.1) is 15.4 Å². The van der Waals surface area contributed by atoms with Crippen molar-refractivity contribution in [3.8, 4) is 0 Å². The summed E-state index contributed by atoms with van der Waals surface area (Å²) in [6.45, 7) is 3.90. The number of amides is 1. The fraction of sp³-hybridized carbons (Fsp3) is 0.429. The van der Waals surface area contributed by atoms with Crippen LogP contribution >= 0.6 is 0 Å². The molecule has 0 unspecified atom stereocenters. The molecule has 1 fully saturated rings. The van der Waals surface area contributed by atoms with Crippen molar-refractivity contribution >= 4 is 39.0 Å². The van der Waals surface area contributed by atoms with Crippen LogP contribution in [0, 0.1) is 23.0 Å². The van der Waals surface area contributed by atoms with E-state index in [0.717, 1.165) is 24.3 Å². The highest BCUT2D eigenvalue weighted by molar-refractivity contribution is 7.90. The summed E-state index contributed by atoms with van der Waals surface area (Å²) in [5.74, 6) is -3.40. The number of rotatable bonds is 6. The largest absolute Gasteiger partial charge is 0.478 e. The molecule has 0 spiro atoms. The number of nitro benzene ring substituents is 1. The van der Waals surface area contributed by atoms with Crippen LogP contribution in [0.25, 0.3) is 0 Å². The van der Waals surface area contributed by atoms with Crippen molar-refractivity contribution in [2.45, 2.75) is 37.9 Å². The molecule has 1 aliphatic rings. The summed E-state index contributed by atoms with van der Waals surface area (Å²) in [5.41, 5.74) is -3.56. The van der Waals surface area contributed by atoms with Gasteiger partial charge in [-0.25, -0.2) is 23.2 Å². The number of aromatic carboxylic acids is 1. The lowest BCUT2D eigenvalue weighted by Gasteiger charge is -2.42. The Morgan fingerprint density at radius 1 is 1.30 bits per heavy atom. The molecule has 2 aromatic rings. The molecular weight excluding hydrogens is 523 g/mol. The van der Waals surface area contributed by atoms with Crippen LogP contribution in [0.5, 0.6) is 0 Å². The van der Waals surface area contributed by atoms with Crippen molar-refractivity contribution in [1.29, 1.82) is 0 Å². The minimum atomic E-state index is -4.76. The SMILES string of the molecule is Cc1c(N2CCN(c3nccc(C(F)(F)F)n3)[C@H](C(C)C)C2=O)c([N+](=O)[O-])cc(C(=O)O)c1S(C)(=O)=O. The van der Waals surface area contributed by atoms with E-state index in [0.29, 0.717) is 12.1 Å². The summed E-state index contributed by atoms with van der Waals surface area (Å²) in [5, 5.41) is 21.4. The maximum Gasteiger partial charge on any atom is 0.433 e. The Bertz CT molecular complexity index is 1400. The highest BCUT2D eigenvalue weighted by Crippen LogP contribution is 2.40. The van der Waals surface area contributed by atoms with E-state index in [2.05, 4.69) is 9.97 Å². The van der Waals surface area contributed by atoms with Gasteiger partial charge in [-0.1, -0.05) is 13.8 Å². The number of carboxylic acid groups (broad SMARTS) is 1. The number of aromatic nitrogens is 2. The van der Waals surface area contributed by atoms with Crippen molar-refractivity contribution in [1.82, 2.24) is 9.97 Å². The maximum absolute atomic E-state index is 13.7. The Morgan fingerprint density at radius 2 is 1.92 bits per heavy atom. The Balaban J connectivity index is 2.20. The molecule has 3 rings (SSSR count). The van der Waals surface area contributed by atoms with Crippen LogP contribution < -0.4 is 9.80 Å². The van der Waals surface area contributed by atoms with Gasteiger partial charge >= 0.3 is 12.1 Å². The number of nitro groups is 1. The van der Waals surface area contributed by atoms with Gasteiger partial charge < -0.3 is 14.9 Å². The van der Waals surface area contributed by atoms with Gasteiger partial charge in [-0.05, 0) is 24.5 Å². The lowest BCUT2D eigenvalue weighted by atomic mass is 9.97. The summed E-state index contributed by atoms with van der Waals surface area (Å²) in [7, 11) is -4.21. The molecule has 1 saturated heterocycles. The molecule has 37 heavy (non-hydrogen) atoms. The fourth-order valence-corrected chi connectivity index (χ4v) is 5.57. The number of carboxylic acids is 1. The standard InChI is InChI=1S/C21H22F3N5O7S/c1-10(2)15-18(30)27(7-8-28(15)20-25-6-5-14(26-20)21(22,23)24)16-11(3)17(37(4,35)36)12(19(31)32)9-13(16)29(33)34/h5-6,9-10,15H,7-8H2,1-4H3,(H,31,32)/t15-/m1/s1. The zero-order valence-electron chi connectivity index (χ0n) is 20.0. The Labute approximate surface area is 208 Å². The van der Waals surface area contributed by atoms with E-state index in [1.54, 1.807) is 13.8 Å². The lowest BCUT2D eigenvalue weighted by Crippen LogP contribution is -2.60. The Morgan fingerprint density at radius 3 is 2.41 bits per heavy atom. The molecule has 12 nitrogen and oxygen atoms in total. The first-order valence-corrected chi connectivity index (χ1v) is 12.6. The monoisotopic (exact) mass is 545 g/mol. The molecule has 0 radical (unpaired) electrons. The van der Waals surface area contributed by atoms with Crippen LogP contribution in [-0.4, -0.2) is 65.7 Å². The molecule has 1 atom stereocenters. The molecule has 16 heteroatoms. The number of carbonyl (C=O) groups excluding carboxylic acids is 1. The number of alkyl halides is 3. The van der Waals surface area contributed by atoms with Gasteiger partial charge in [0.25, 0.3) is 5.69 Å². The molecule has 1 N–H and O–H groups in total. The number of carbonyl (C=O) groups is 2. The minimum Gasteiger partial charge on any atom is -0.478 e. The first-order valence-electron chi connectivity index (χ1n) is 10.7. The average Bonchev–Trinajstić information content (AvgIpc) is 2.76. The molecule has 0 saturated carbocycles. The third kappa shape index (κ3) is 5.19. The highest BCUT2D eigenvalue weighted by atomic mass is 32.2. The van der Waals surface area contributed by atoms with Crippen molar-refractivity contribution < 1.29 is 41.2 Å². The predicted molar refractivity (Wildman–Crippen MR) is 123 cm³/mol. The van der Waals surface area contributed by atoms with Crippen LogP contribution in [0.15, 0.2) is 23.2 Å². The average molecular weight is 545 g/mol. The quantitative estimate of drug-likeness (QED) is 0.421. The van der Waals surface area contributed by atoms with E-state index >= 15 is 0 Å². The number of sulfone groups is 1. The number of hydrogen-bond donors (Lipinski definition) is 1. The highest BCUT2D eigenvalue weighted by Gasteiger charge is 2.43. The number of hydrogen-bond acceptors (Lipinski definition) is 9. The predicted octanol–water partition coefficient (Wildman–Crippen LogP) is 2.69. The smallest absolute Gasteiger partial charge is 0.433 e. The van der Waals surface area contributed by atoms with Crippen molar-refractivity contribution in [3.63, 3.8) is 0 Å². The second-order valence-electron chi connectivity index (χ2n) is 8.69. The molecular formula is C21H22F3N5O7S. The van der Waals surface area contributed by atoms with Gasteiger partial charge in [-0.15, -0.1) is 0 Å². The molecule has 2 heterocycles. The van der Waals surface area contributed by atoms with E-state index in [1.165, 1.54) is 4.90 Å². The topological polar surface area (TPSA) is 164 Å². The first kappa shape index (κ1) is 27.8. The fourth-order valence-electron chi connectivity index (χ4n) is 4.37. The Hall–Kier alpha value is -3.82. The summed E-state index contributed by atoms with van der Waals surface area (Å²) in [4.78, 5) is 45.3. The van der Waals surface area contributed by atoms with Gasteiger partial charge in [-0.3, -0.25) is 14.9 Å². The molecule has 0 aliphatic carbocycles. The van der Waals surface area contributed by atoms with Crippen molar-refractivity contribution in [3.05, 3.63) is 45.3 Å². The molecule has 1 aliphatic heterocycles. The molecule has 1 aromatic heterocycles. The molecule has 0 bridgehead atoms. The molecule has 1 aromatic carbocycles. The summed E-state index contributed by atoms with van der Waals surface area (Å²) in [6, 6.07) is 0.0909. The van der Waals surface area contributed by atoms with Crippen LogP contribution in [0.3, 0.4) is 0 Å². The van der Waals surface area contributed by atoms with Gasteiger partial charge in [0.1, 0.15) is 17.4 Å². The van der Waals surface area contributed by atoms with E-state index < -0.39 is 72.3 Å². The normalized spacial score (nSPS) is 16.9. The van der Waals surface area contributed by atoms with Crippen LogP contribution in [0.2, 0.25) is 0 Å². The van der Waals surface area contributed by atoms with E-state index in [9.17, 15) is 46.4 Å². The maximum atomic E-state index is 13.7. The lowest BCUT2D eigenvalue weighted by molar-refractivity contribution is -0.384. The van der Waals surface area contributed by atoms with Gasteiger partial charge in [-0.2, -0.15) is 13.2 Å². The van der Waals surface area contributed by atoms with Gasteiger partial charge in [0.2, 0.25) is 11.9 Å². The zero-order chi connectivity index (χ0) is 28.0. The second-order valence-corrected chi connectivity index (χ2v) is 10.6. The van der Waals surface area contributed by atoms with Crippen molar-refractivity contribution in [2.75, 3.05) is 29.1 Å². The van der Waals surface area contributed by atoms with Crippen LogP contribution in [0.1, 0.15) is 35.5 Å². The van der Waals surface area contributed by atoms with Crippen LogP contribution in [-0.2, 0) is 20.8 Å². The first-order chi connectivity index (χ1) is 17.0. The van der Waals surface area contributed by atoms with E-state index in [-0.39, 0.29) is 24.6 Å². The number of halogens is 3. The van der Waals surface area contributed by atoms with Gasteiger partial charge in [0, 0.05) is 31.6 Å². The summed E-state index contributed by atoms with van der Waals surface area (Å²) >= 11 is 0. The summed E-state index contributed by atoms with van der Waals surface area (Å²) in [6.07, 6.45) is -3.13. The third-order valence-electron chi connectivity index (χ3n) is 5.77. The number of piperazine rings is 1. The van der Waals surface area contributed by atoms with E-state index in [4.69, 9.17) is 0 Å². The van der Waals surface area contributed by atoms with Crippen LogP contribution in [0.4, 0.5) is 30.5 Å². The Kier molecular flexibility index (Phi) is 7.18. The molecule has 1 amide bonds. The minimum absolute atomic E-state index is 0.151. The summed E-state index contributed by atoms with van der Waals surface area (Å²) < 4.78 is 64.5. The van der Waals surface area contributed by atoms with Crippen molar-refractivity contribution in [2.24, 2.45) is 5.92 Å². The molecule has 200 valence electrons. The third-order valence-corrected chi connectivity index (χ3v) is 7.04. The number of anilines is 2. The van der Waals surface area contributed by atoms with Gasteiger partial charge in [0.15, 0.2) is 9.84 Å².